The smallest absolute Gasteiger partial charge is 0.161 e. The first-order valence-corrected chi connectivity index (χ1v) is 5.49. The zero-order valence-corrected chi connectivity index (χ0v) is 9.90. The zero-order valence-electron chi connectivity index (χ0n) is 9.90. The van der Waals surface area contributed by atoms with Gasteiger partial charge in [-0.3, -0.25) is 0 Å². The van der Waals surface area contributed by atoms with E-state index in [1.165, 1.54) is 0 Å². The van der Waals surface area contributed by atoms with Crippen molar-refractivity contribution in [3.05, 3.63) is 23.8 Å². The molecule has 4 nitrogen and oxygen atoms in total. The van der Waals surface area contributed by atoms with Gasteiger partial charge in [-0.1, -0.05) is 13.0 Å². The SMILES string of the molecule is CCCOc1ccc([C@H](N)CN)cc1OC. The number of benzene rings is 1. The topological polar surface area (TPSA) is 70.5 Å². The average molecular weight is 224 g/mol. The van der Waals surface area contributed by atoms with Crippen LogP contribution in [0.3, 0.4) is 0 Å². The van der Waals surface area contributed by atoms with Crippen LogP contribution in [0.15, 0.2) is 18.2 Å². The summed E-state index contributed by atoms with van der Waals surface area (Å²) in [6, 6.07) is 5.52. The Hall–Kier alpha value is -1.26. The molecule has 4 N–H and O–H groups in total. The fraction of sp³-hybridized carbons (Fsp3) is 0.500. The summed E-state index contributed by atoms with van der Waals surface area (Å²) in [6.45, 7) is 3.15. The highest BCUT2D eigenvalue weighted by Gasteiger charge is 2.09. The van der Waals surface area contributed by atoms with E-state index in [1.54, 1.807) is 7.11 Å². The molecule has 0 aliphatic heterocycles. The third-order valence-electron chi connectivity index (χ3n) is 2.33. The number of rotatable bonds is 6. The summed E-state index contributed by atoms with van der Waals surface area (Å²) in [7, 11) is 1.62. The van der Waals surface area contributed by atoms with Gasteiger partial charge >= 0.3 is 0 Å². The molecule has 0 aliphatic carbocycles. The molecule has 0 spiro atoms. The second kappa shape index (κ2) is 6.35. The van der Waals surface area contributed by atoms with Crippen molar-refractivity contribution in [1.82, 2.24) is 0 Å². The van der Waals surface area contributed by atoms with Crippen molar-refractivity contribution < 1.29 is 9.47 Å². The summed E-state index contributed by atoms with van der Waals surface area (Å²) in [6.07, 6.45) is 0.965. The van der Waals surface area contributed by atoms with Gasteiger partial charge in [0.2, 0.25) is 0 Å². The van der Waals surface area contributed by atoms with Gasteiger partial charge in [0, 0.05) is 12.6 Å². The maximum atomic E-state index is 5.85. The van der Waals surface area contributed by atoms with Crippen molar-refractivity contribution in [3.63, 3.8) is 0 Å². The van der Waals surface area contributed by atoms with Gasteiger partial charge in [-0.05, 0) is 24.1 Å². The van der Waals surface area contributed by atoms with Crippen LogP contribution in [0.25, 0.3) is 0 Å². The van der Waals surface area contributed by atoms with E-state index in [-0.39, 0.29) is 6.04 Å². The molecule has 1 atom stereocenters. The first kappa shape index (κ1) is 12.8. The molecule has 4 heteroatoms. The van der Waals surface area contributed by atoms with Gasteiger partial charge in [0.1, 0.15) is 0 Å². The number of methoxy groups -OCH3 is 1. The maximum absolute atomic E-state index is 5.85. The van der Waals surface area contributed by atoms with E-state index in [4.69, 9.17) is 20.9 Å². The van der Waals surface area contributed by atoms with E-state index in [2.05, 4.69) is 6.92 Å². The van der Waals surface area contributed by atoms with Crippen LogP contribution in [0.4, 0.5) is 0 Å². The second-order valence-electron chi connectivity index (χ2n) is 3.60. The molecule has 0 saturated carbocycles. The monoisotopic (exact) mass is 224 g/mol. The Kier molecular flexibility index (Phi) is 5.08. The lowest BCUT2D eigenvalue weighted by atomic mass is 10.1. The molecule has 0 unspecified atom stereocenters. The standard InChI is InChI=1S/C12H20N2O2/c1-3-6-16-11-5-4-9(10(14)8-13)7-12(11)15-2/h4-5,7,10H,3,6,8,13-14H2,1-2H3/t10-/m1/s1. The normalized spacial score (nSPS) is 12.2. The summed E-state index contributed by atoms with van der Waals surface area (Å²) >= 11 is 0. The molecular weight excluding hydrogens is 204 g/mol. The lowest BCUT2D eigenvalue weighted by Gasteiger charge is -2.14. The van der Waals surface area contributed by atoms with Crippen LogP contribution in [0.5, 0.6) is 11.5 Å². The first-order chi connectivity index (χ1) is 7.72. The van der Waals surface area contributed by atoms with E-state index in [0.717, 1.165) is 17.7 Å². The molecule has 0 aromatic heterocycles. The van der Waals surface area contributed by atoms with Crippen molar-refractivity contribution in [1.29, 1.82) is 0 Å². The van der Waals surface area contributed by atoms with E-state index in [1.807, 2.05) is 18.2 Å². The second-order valence-corrected chi connectivity index (χ2v) is 3.60. The van der Waals surface area contributed by atoms with Crippen molar-refractivity contribution >= 4 is 0 Å². The van der Waals surface area contributed by atoms with Crippen LogP contribution < -0.4 is 20.9 Å². The van der Waals surface area contributed by atoms with Gasteiger partial charge in [0.25, 0.3) is 0 Å². The third-order valence-corrected chi connectivity index (χ3v) is 2.33. The number of hydrogen-bond donors (Lipinski definition) is 2. The first-order valence-electron chi connectivity index (χ1n) is 5.49. The summed E-state index contributed by atoms with van der Waals surface area (Å²) in [5.74, 6) is 1.45. The van der Waals surface area contributed by atoms with Crippen molar-refractivity contribution in [2.75, 3.05) is 20.3 Å². The predicted octanol–water partition coefficient (Wildman–Crippen LogP) is 1.44. The maximum Gasteiger partial charge on any atom is 0.161 e. The molecule has 1 rings (SSSR count). The minimum atomic E-state index is -0.158. The van der Waals surface area contributed by atoms with E-state index in [0.29, 0.717) is 18.9 Å². The lowest BCUT2D eigenvalue weighted by Crippen LogP contribution is -2.20. The highest BCUT2D eigenvalue weighted by molar-refractivity contribution is 5.43. The Balaban J connectivity index is 2.88. The van der Waals surface area contributed by atoms with Crippen LogP contribution in [0.1, 0.15) is 24.9 Å². The molecule has 1 aromatic carbocycles. The highest BCUT2D eigenvalue weighted by Crippen LogP contribution is 2.29. The number of nitrogens with two attached hydrogens (primary N) is 2. The molecule has 0 amide bonds. The third kappa shape index (κ3) is 3.12. The van der Waals surface area contributed by atoms with Crippen molar-refractivity contribution in [3.8, 4) is 11.5 Å². The van der Waals surface area contributed by atoms with Gasteiger partial charge < -0.3 is 20.9 Å². The summed E-state index contributed by atoms with van der Waals surface area (Å²) in [4.78, 5) is 0. The summed E-state index contributed by atoms with van der Waals surface area (Å²) in [5.41, 5.74) is 12.3. The summed E-state index contributed by atoms with van der Waals surface area (Å²) < 4.78 is 10.8. The van der Waals surface area contributed by atoms with E-state index in [9.17, 15) is 0 Å². The Labute approximate surface area is 96.5 Å². The average Bonchev–Trinajstić information content (AvgIpc) is 2.35. The fourth-order valence-electron chi connectivity index (χ4n) is 1.38. The van der Waals surface area contributed by atoms with Crippen LogP contribution >= 0.6 is 0 Å². The van der Waals surface area contributed by atoms with Crippen LogP contribution in [0.2, 0.25) is 0 Å². The van der Waals surface area contributed by atoms with Gasteiger partial charge in [-0.15, -0.1) is 0 Å². The molecule has 0 radical (unpaired) electrons. The molecule has 0 heterocycles. The predicted molar refractivity (Wildman–Crippen MR) is 64.8 cm³/mol. The van der Waals surface area contributed by atoms with Gasteiger partial charge in [-0.2, -0.15) is 0 Å². The minimum absolute atomic E-state index is 0.158. The largest absolute Gasteiger partial charge is 0.493 e. The Morgan fingerprint density at radius 2 is 2.06 bits per heavy atom. The minimum Gasteiger partial charge on any atom is -0.493 e. The number of hydrogen-bond acceptors (Lipinski definition) is 4. The summed E-state index contributed by atoms with van der Waals surface area (Å²) in [5, 5.41) is 0. The lowest BCUT2D eigenvalue weighted by molar-refractivity contribution is 0.294. The van der Waals surface area contributed by atoms with E-state index < -0.39 is 0 Å². The molecular formula is C12H20N2O2. The van der Waals surface area contributed by atoms with Crippen LogP contribution in [-0.4, -0.2) is 20.3 Å². The molecule has 1 aromatic rings. The zero-order chi connectivity index (χ0) is 12.0. The fourth-order valence-corrected chi connectivity index (χ4v) is 1.38. The van der Waals surface area contributed by atoms with E-state index >= 15 is 0 Å². The molecule has 0 aliphatic rings. The van der Waals surface area contributed by atoms with Crippen molar-refractivity contribution in [2.45, 2.75) is 19.4 Å². The Bertz CT molecular complexity index is 329. The molecule has 90 valence electrons. The highest BCUT2D eigenvalue weighted by atomic mass is 16.5. The van der Waals surface area contributed by atoms with Crippen LogP contribution in [-0.2, 0) is 0 Å². The Morgan fingerprint density at radius 3 is 2.62 bits per heavy atom. The molecule has 16 heavy (non-hydrogen) atoms. The molecule has 0 fully saturated rings. The molecule has 0 saturated heterocycles. The quantitative estimate of drug-likeness (QED) is 0.767. The Morgan fingerprint density at radius 1 is 1.31 bits per heavy atom. The van der Waals surface area contributed by atoms with Gasteiger partial charge in [-0.25, -0.2) is 0 Å². The van der Waals surface area contributed by atoms with Crippen LogP contribution in [0, 0.1) is 0 Å². The van der Waals surface area contributed by atoms with Crippen molar-refractivity contribution in [2.24, 2.45) is 11.5 Å². The van der Waals surface area contributed by atoms with Gasteiger partial charge in [0.15, 0.2) is 11.5 Å². The van der Waals surface area contributed by atoms with Gasteiger partial charge in [0.05, 0.1) is 13.7 Å². The number of ether oxygens (including phenoxy) is 2. The molecule has 0 bridgehead atoms.